The topological polar surface area (TPSA) is 30.2 Å². The molecular weight excluding hydrogens is 187 g/mol. The molecule has 0 spiro atoms. The molecule has 1 rings (SSSR count). The van der Waals surface area contributed by atoms with Gasteiger partial charge < -0.3 is 4.42 Å². The van der Waals surface area contributed by atoms with Crippen molar-refractivity contribution in [1.29, 1.82) is 0 Å². The van der Waals surface area contributed by atoms with Gasteiger partial charge in [-0.2, -0.15) is 0 Å². The minimum Gasteiger partial charge on any atom is -0.458 e. The van der Waals surface area contributed by atoms with Crippen molar-refractivity contribution >= 4 is 29.0 Å². The first-order valence-electron chi connectivity index (χ1n) is 3.00. The molecule has 11 heavy (non-hydrogen) atoms. The summed E-state index contributed by atoms with van der Waals surface area (Å²) < 4.78 is 4.99. The number of Topliss-reactive ketones (excluding diaryl/α,β-unsaturated/α-hetero) is 1. The monoisotopic (exact) mass is 192 g/mol. The molecule has 0 aliphatic carbocycles. The Kier molecular flexibility index (Phi) is 2.58. The second kappa shape index (κ2) is 3.28. The van der Waals surface area contributed by atoms with Crippen molar-refractivity contribution in [1.82, 2.24) is 0 Å². The summed E-state index contributed by atoms with van der Waals surface area (Å²) in [4.78, 5) is 9.96. The number of hydrogen-bond donors (Lipinski definition) is 0. The van der Waals surface area contributed by atoms with E-state index in [9.17, 15) is 4.79 Å². The van der Waals surface area contributed by atoms with Gasteiger partial charge in [0.25, 0.3) is 0 Å². The van der Waals surface area contributed by atoms with Gasteiger partial charge in [-0.25, -0.2) is 0 Å². The SMILES string of the molecule is Cc1ccc(C(=O)C(Cl)Cl)o1. The molecule has 0 aliphatic heterocycles. The fourth-order valence-electron chi connectivity index (χ4n) is 0.674. The normalized spacial score (nSPS) is 10.5. The van der Waals surface area contributed by atoms with E-state index in [1.54, 1.807) is 19.1 Å². The van der Waals surface area contributed by atoms with Crippen LogP contribution in [0.4, 0.5) is 0 Å². The molecule has 0 radical (unpaired) electrons. The molecule has 0 N–H and O–H groups in total. The molecule has 1 aromatic heterocycles. The first kappa shape index (κ1) is 8.62. The molecule has 0 bridgehead atoms. The lowest BCUT2D eigenvalue weighted by Gasteiger charge is -1.94. The molecule has 60 valence electrons. The zero-order chi connectivity index (χ0) is 8.43. The van der Waals surface area contributed by atoms with Crippen molar-refractivity contribution < 1.29 is 9.21 Å². The molecule has 0 aliphatic rings. The third-order valence-electron chi connectivity index (χ3n) is 1.18. The number of alkyl halides is 2. The predicted octanol–water partition coefficient (Wildman–Crippen LogP) is 2.57. The fraction of sp³-hybridized carbons (Fsp3) is 0.286. The smallest absolute Gasteiger partial charge is 0.230 e. The first-order chi connectivity index (χ1) is 5.11. The third-order valence-corrected chi connectivity index (χ3v) is 1.58. The summed E-state index contributed by atoms with van der Waals surface area (Å²) in [6.07, 6.45) is 0. The Morgan fingerprint density at radius 2 is 2.18 bits per heavy atom. The van der Waals surface area contributed by atoms with E-state index in [0.717, 1.165) is 0 Å². The molecule has 1 aromatic rings. The van der Waals surface area contributed by atoms with E-state index < -0.39 is 10.6 Å². The Bertz CT molecular complexity index is 265. The number of halogens is 2. The Labute approximate surface area is 74.1 Å². The van der Waals surface area contributed by atoms with Gasteiger partial charge in [0.1, 0.15) is 5.76 Å². The lowest BCUT2D eigenvalue weighted by molar-refractivity contribution is 0.0979. The van der Waals surface area contributed by atoms with Gasteiger partial charge >= 0.3 is 0 Å². The number of ketones is 1. The van der Waals surface area contributed by atoms with Gasteiger partial charge in [-0.1, -0.05) is 23.2 Å². The Hall–Kier alpha value is -0.470. The molecule has 0 unspecified atom stereocenters. The fourth-order valence-corrected chi connectivity index (χ4v) is 0.890. The van der Waals surface area contributed by atoms with Crippen LogP contribution in [0.25, 0.3) is 0 Å². The highest BCUT2D eigenvalue weighted by atomic mass is 35.5. The van der Waals surface area contributed by atoms with Crippen LogP contribution in [0.3, 0.4) is 0 Å². The Balaban J connectivity index is 2.85. The van der Waals surface area contributed by atoms with Crippen molar-refractivity contribution in [2.45, 2.75) is 11.8 Å². The van der Waals surface area contributed by atoms with E-state index in [-0.39, 0.29) is 5.76 Å². The zero-order valence-corrected chi connectivity index (χ0v) is 7.32. The van der Waals surface area contributed by atoms with Gasteiger partial charge in [-0.3, -0.25) is 4.79 Å². The summed E-state index contributed by atoms with van der Waals surface area (Å²) in [6, 6.07) is 3.23. The van der Waals surface area contributed by atoms with Crippen LogP contribution in [-0.4, -0.2) is 10.6 Å². The molecule has 0 saturated heterocycles. The Morgan fingerprint density at radius 1 is 1.55 bits per heavy atom. The van der Waals surface area contributed by atoms with Gasteiger partial charge in [0.15, 0.2) is 10.6 Å². The van der Waals surface area contributed by atoms with Crippen LogP contribution in [0.1, 0.15) is 16.3 Å². The van der Waals surface area contributed by atoms with Gasteiger partial charge in [-0.05, 0) is 19.1 Å². The number of carbonyl (C=O) groups is 1. The van der Waals surface area contributed by atoms with Crippen molar-refractivity contribution in [2.24, 2.45) is 0 Å². The van der Waals surface area contributed by atoms with Gasteiger partial charge in [0.05, 0.1) is 0 Å². The lowest BCUT2D eigenvalue weighted by Crippen LogP contribution is -2.06. The number of carbonyl (C=O) groups excluding carboxylic acids is 1. The van der Waals surface area contributed by atoms with Crippen molar-refractivity contribution in [3.8, 4) is 0 Å². The molecule has 0 fully saturated rings. The summed E-state index contributed by atoms with van der Waals surface area (Å²) in [5, 5.41) is 0. The van der Waals surface area contributed by atoms with Crippen LogP contribution in [0.2, 0.25) is 0 Å². The third kappa shape index (κ3) is 1.98. The van der Waals surface area contributed by atoms with Crippen molar-refractivity contribution in [3.63, 3.8) is 0 Å². The van der Waals surface area contributed by atoms with Crippen LogP contribution >= 0.6 is 23.2 Å². The average molecular weight is 193 g/mol. The van der Waals surface area contributed by atoms with Crippen LogP contribution in [-0.2, 0) is 0 Å². The van der Waals surface area contributed by atoms with Crippen LogP contribution in [0, 0.1) is 6.92 Å². The summed E-state index contributed by atoms with van der Waals surface area (Å²) in [5.41, 5.74) is 0. The maximum absolute atomic E-state index is 11.0. The predicted molar refractivity (Wildman–Crippen MR) is 43.3 cm³/mol. The van der Waals surface area contributed by atoms with Crippen molar-refractivity contribution in [2.75, 3.05) is 0 Å². The summed E-state index contributed by atoms with van der Waals surface area (Å²) >= 11 is 10.7. The average Bonchev–Trinajstić information content (AvgIpc) is 2.34. The first-order valence-corrected chi connectivity index (χ1v) is 3.87. The van der Waals surface area contributed by atoms with E-state index in [0.29, 0.717) is 5.76 Å². The van der Waals surface area contributed by atoms with Crippen molar-refractivity contribution in [3.05, 3.63) is 23.7 Å². The van der Waals surface area contributed by atoms with Crippen LogP contribution in [0.5, 0.6) is 0 Å². The van der Waals surface area contributed by atoms with Gasteiger partial charge in [0, 0.05) is 0 Å². The molecule has 0 saturated carbocycles. The number of aryl methyl sites for hydroxylation is 1. The Morgan fingerprint density at radius 3 is 2.55 bits per heavy atom. The second-order valence-corrected chi connectivity index (χ2v) is 3.17. The quantitative estimate of drug-likeness (QED) is 0.533. The number of rotatable bonds is 2. The highest BCUT2D eigenvalue weighted by Crippen LogP contribution is 2.14. The maximum atomic E-state index is 11.0. The second-order valence-electron chi connectivity index (χ2n) is 2.08. The molecular formula is C7H6Cl2O2. The lowest BCUT2D eigenvalue weighted by atomic mass is 10.3. The highest BCUT2D eigenvalue weighted by Gasteiger charge is 2.17. The zero-order valence-electron chi connectivity index (χ0n) is 5.80. The largest absolute Gasteiger partial charge is 0.458 e. The van der Waals surface area contributed by atoms with E-state index in [1.807, 2.05) is 0 Å². The molecule has 0 amide bonds. The molecule has 4 heteroatoms. The standard InChI is InChI=1S/C7H6Cl2O2/c1-4-2-3-5(11-4)6(10)7(8)9/h2-3,7H,1H3. The summed E-state index contributed by atoms with van der Waals surface area (Å²) in [6.45, 7) is 1.74. The van der Waals surface area contributed by atoms with E-state index >= 15 is 0 Å². The van der Waals surface area contributed by atoms with E-state index in [2.05, 4.69) is 0 Å². The maximum Gasteiger partial charge on any atom is 0.230 e. The molecule has 1 heterocycles. The number of furan rings is 1. The molecule has 0 aromatic carbocycles. The minimum atomic E-state index is -1.04. The molecule has 2 nitrogen and oxygen atoms in total. The van der Waals surface area contributed by atoms with E-state index in [1.165, 1.54) is 0 Å². The van der Waals surface area contributed by atoms with E-state index in [4.69, 9.17) is 27.6 Å². The van der Waals surface area contributed by atoms with Gasteiger partial charge in [0.2, 0.25) is 5.78 Å². The van der Waals surface area contributed by atoms with Crippen LogP contribution in [0.15, 0.2) is 16.5 Å². The highest BCUT2D eigenvalue weighted by molar-refractivity contribution is 6.55. The number of hydrogen-bond acceptors (Lipinski definition) is 2. The van der Waals surface area contributed by atoms with Gasteiger partial charge in [-0.15, -0.1) is 0 Å². The van der Waals surface area contributed by atoms with Crippen LogP contribution < -0.4 is 0 Å². The summed E-state index contributed by atoms with van der Waals surface area (Å²) in [5.74, 6) is 0.473. The molecule has 0 atom stereocenters. The summed E-state index contributed by atoms with van der Waals surface area (Å²) in [7, 11) is 0. The minimum absolute atomic E-state index is 0.206.